The monoisotopic (exact) mass is 227 g/mol. The molecule has 1 saturated carbocycles. The van der Waals surface area contributed by atoms with E-state index in [9.17, 15) is 4.79 Å². The van der Waals surface area contributed by atoms with Gasteiger partial charge in [-0.1, -0.05) is 19.8 Å². The highest BCUT2D eigenvalue weighted by atomic mass is 16.5. The summed E-state index contributed by atoms with van der Waals surface area (Å²) in [7, 11) is 0. The fraction of sp³-hybridized carbons (Fsp3) is 0.923. The summed E-state index contributed by atoms with van der Waals surface area (Å²) in [6, 6.07) is 0. The van der Waals surface area contributed by atoms with Crippen molar-refractivity contribution >= 4 is 5.91 Å². The minimum atomic E-state index is -0.244. The number of ether oxygens (including phenoxy) is 1. The summed E-state index contributed by atoms with van der Waals surface area (Å²) in [5.41, 5.74) is -0.172. The molecule has 0 spiro atoms. The van der Waals surface area contributed by atoms with Gasteiger partial charge in [-0.25, -0.2) is 0 Å². The van der Waals surface area contributed by atoms with Crippen molar-refractivity contribution in [3.63, 3.8) is 0 Å². The molecule has 0 bridgehead atoms. The van der Waals surface area contributed by atoms with Crippen molar-refractivity contribution in [1.29, 1.82) is 0 Å². The summed E-state index contributed by atoms with van der Waals surface area (Å²) < 4.78 is 5.64. The first-order chi connectivity index (χ1) is 7.42. The Labute approximate surface area is 98.9 Å². The molecular weight excluding hydrogens is 202 g/mol. The summed E-state index contributed by atoms with van der Waals surface area (Å²) in [5, 5.41) is 3.00. The zero-order chi connectivity index (χ0) is 12.2. The highest BCUT2D eigenvalue weighted by Crippen LogP contribution is 2.34. The van der Waals surface area contributed by atoms with Crippen LogP contribution in [0, 0.1) is 5.92 Å². The highest BCUT2D eigenvalue weighted by Gasteiger charge is 2.31. The number of nitrogens with one attached hydrogen (secondary N) is 1. The highest BCUT2D eigenvalue weighted by molar-refractivity contribution is 5.81. The normalized spacial score (nSPS) is 18.2. The fourth-order valence-corrected chi connectivity index (χ4v) is 1.62. The van der Waals surface area contributed by atoms with Crippen LogP contribution in [0.3, 0.4) is 0 Å². The van der Waals surface area contributed by atoms with Gasteiger partial charge in [0.15, 0.2) is 0 Å². The van der Waals surface area contributed by atoms with E-state index >= 15 is 0 Å². The van der Waals surface area contributed by atoms with Gasteiger partial charge in [-0.3, -0.25) is 4.79 Å². The Hall–Kier alpha value is -0.570. The Balaban J connectivity index is 2.42. The Morgan fingerprint density at radius 2 is 2.06 bits per heavy atom. The van der Waals surface area contributed by atoms with Gasteiger partial charge in [-0.15, -0.1) is 0 Å². The zero-order valence-electron chi connectivity index (χ0n) is 11.0. The predicted octanol–water partition coefficient (Wildman–Crippen LogP) is 2.50. The van der Waals surface area contributed by atoms with Gasteiger partial charge in [0.25, 0.3) is 0 Å². The molecule has 3 nitrogen and oxygen atoms in total. The van der Waals surface area contributed by atoms with Crippen molar-refractivity contribution in [3.8, 4) is 0 Å². The molecule has 0 aromatic rings. The third kappa shape index (κ3) is 5.50. The van der Waals surface area contributed by atoms with E-state index in [1.165, 1.54) is 12.8 Å². The molecule has 1 fully saturated rings. The number of carbonyl (C=O) groups is 1. The molecule has 1 aliphatic carbocycles. The molecular formula is C13H25NO2. The number of amides is 1. The molecule has 1 atom stereocenters. The standard InChI is InChI=1S/C13H25NO2/c1-5-8-16-11(9-10-6-7-10)12(15)14-13(2,3)4/h10-11H,5-9H2,1-4H3,(H,14,15). The smallest absolute Gasteiger partial charge is 0.249 e. The van der Waals surface area contributed by atoms with Crippen LogP contribution in [-0.2, 0) is 9.53 Å². The van der Waals surface area contributed by atoms with Gasteiger partial charge in [0, 0.05) is 12.1 Å². The number of rotatable bonds is 6. The minimum absolute atomic E-state index is 0.0489. The van der Waals surface area contributed by atoms with E-state index in [4.69, 9.17) is 4.74 Å². The van der Waals surface area contributed by atoms with Gasteiger partial charge in [-0.2, -0.15) is 0 Å². The van der Waals surface area contributed by atoms with Gasteiger partial charge >= 0.3 is 0 Å². The Morgan fingerprint density at radius 3 is 2.50 bits per heavy atom. The summed E-state index contributed by atoms with van der Waals surface area (Å²) in [6.45, 7) is 8.74. The molecule has 0 aliphatic heterocycles. The average Bonchev–Trinajstić information content (AvgIpc) is 2.92. The molecule has 0 aromatic carbocycles. The van der Waals surface area contributed by atoms with Gasteiger partial charge < -0.3 is 10.1 Å². The summed E-state index contributed by atoms with van der Waals surface area (Å²) in [4.78, 5) is 12.0. The lowest BCUT2D eigenvalue weighted by Crippen LogP contribution is -2.47. The van der Waals surface area contributed by atoms with Crippen LogP contribution in [0.25, 0.3) is 0 Å². The molecule has 1 amide bonds. The number of carbonyl (C=O) groups excluding carboxylic acids is 1. The zero-order valence-corrected chi connectivity index (χ0v) is 11.0. The van der Waals surface area contributed by atoms with Crippen molar-refractivity contribution in [3.05, 3.63) is 0 Å². The molecule has 0 aromatic heterocycles. The maximum absolute atomic E-state index is 12.0. The number of hydrogen-bond acceptors (Lipinski definition) is 2. The van der Waals surface area contributed by atoms with E-state index in [0.29, 0.717) is 12.5 Å². The largest absolute Gasteiger partial charge is 0.368 e. The lowest BCUT2D eigenvalue weighted by atomic mass is 10.1. The van der Waals surface area contributed by atoms with Crippen LogP contribution in [0.5, 0.6) is 0 Å². The van der Waals surface area contributed by atoms with Crippen molar-refractivity contribution in [2.24, 2.45) is 5.92 Å². The summed E-state index contributed by atoms with van der Waals surface area (Å²) in [5.74, 6) is 0.764. The van der Waals surface area contributed by atoms with Crippen LogP contribution in [-0.4, -0.2) is 24.2 Å². The van der Waals surface area contributed by atoms with Gasteiger partial charge in [-0.05, 0) is 39.5 Å². The second-order valence-electron chi connectivity index (χ2n) is 5.78. The maximum Gasteiger partial charge on any atom is 0.249 e. The first kappa shape index (κ1) is 13.5. The number of hydrogen-bond donors (Lipinski definition) is 1. The van der Waals surface area contributed by atoms with Gasteiger partial charge in [0.05, 0.1) is 0 Å². The first-order valence-corrected chi connectivity index (χ1v) is 6.36. The van der Waals surface area contributed by atoms with E-state index in [1.54, 1.807) is 0 Å². The van der Waals surface area contributed by atoms with Crippen LogP contribution in [0.4, 0.5) is 0 Å². The molecule has 1 rings (SSSR count). The van der Waals surface area contributed by atoms with Crippen molar-refractivity contribution < 1.29 is 9.53 Å². The van der Waals surface area contributed by atoms with E-state index in [0.717, 1.165) is 12.8 Å². The van der Waals surface area contributed by atoms with Crippen molar-refractivity contribution in [2.45, 2.75) is 65.0 Å². The average molecular weight is 227 g/mol. The second-order valence-corrected chi connectivity index (χ2v) is 5.78. The SMILES string of the molecule is CCCOC(CC1CC1)C(=O)NC(C)(C)C. The molecule has 16 heavy (non-hydrogen) atoms. The maximum atomic E-state index is 12.0. The Bertz CT molecular complexity index is 229. The third-order valence-corrected chi connectivity index (χ3v) is 2.56. The van der Waals surface area contributed by atoms with Crippen LogP contribution in [0.15, 0.2) is 0 Å². The molecule has 1 aliphatic rings. The molecule has 94 valence electrons. The van der Waals surface area contributed by atoms with E-state index in [1.807, 2.05) is 20.8 Å². The second kappa shape index (κ2) is 5.67. The molecule has 0 radical (unpaired) electrons. The van der Waals surface area contributed by atoms with Crippen LogP contribution in [0.1, 0.15) is 53.4 Å². The van der Waals surface area contributed by atoms with Gasteiger partial charge in [0.2, 0.25) is 5.91 Å². The quantitative estimate of drug-likeness (QED) is 0.757. The van der Waals surface area contributed by atoms with Crippen LogP contribution < -0.4 is 5.32 Å². The fourth-order valence-electron chi connectivity index (χ4n) is 1.62. The lowest BCUT2D eigenvalue weighted by Gasteiger charge is -2.25. The molecule has 0 saturated heterocycles. The van der Waals surface area contributed by atoms with Gasteiger partial charge in [0.1, 0.15) is 6.10 Å². The Kier molecular flexibility index (Phi) is 4.78. The molecule has 1 N–H and O–H groups in total. The topological polar surface area (TPSA) is 38.3 Å². The predicted molar refractivity (Wildman–Crippen MR) is 65.3 cm³/mol. The van der Waals surface area contributed by atoms with E-state index < -0.39 is 0 Å². The molecule has 1 unspecified atom stereocenters. The third-order valence-electron chi connectivity index (χ3n) is 2.56. The van der Waals surface area contributed by atoms with Crippen LogP contribution >= 0.6 is 0 Å². The van der Waals surface area contributed by atoms with E-state index in [2.05, 4.69) is 12.2 Å². The van der Waals surface area contributed by atoms with Crippen molar-refractivity contribution in [1.82, 2.24) is 5.32 Å². The first-order valence-electron chi connectivity index (χ1n) is 6.36. The summed E-state index contributed by atoms with van der Waals surface area (Å²) >= 11 is 0. The van der Waals surface area contributed by atoms with E-state index in [-0.39, 0.29) is 17.6 Å². The molecule has 3 heteroatoms. The van der Waals surface area contributed by atoms with Crippen molar-refractivity contribution in [2.75, 3.05) is 6.61 Å². The lowest BCUT2D eigenvalue weighted by molar-refractivity contribution is -0.135. The van der Waals surface area contributed by atoms with Crippen LogP contribution in [0.2, 0.25) is 0 Å². The Morgan fingerprint density at radius 1 is 1.44 bits per heavy atom. The summed E-state index contributed by atoms with van der Waals surface area (Å²) in [6.07, 6.45) is 4.13. The minimum Gasteiger partial charge on any atom is -0.368 e. The molecule has 0 heterocycles.